The van der Waals surface area contributed by atoms with Gasteiger partial charge in [-0.05, 0) is 137 Å². The van der Waals surface area contributed by atoms with E-state index in [9.17, 15) is 9.59 Å². The highest BCUT2D eigenvalue weighted by atomic mass is 16.5. The van der Waals surface area contributed by atoms with Crippen LogP contribution in [0.5, 0.6) is 23.0 Å². The molecule has 8 heteroatoms. The molecule has 2 aromatic rings. The van der Waals surface area contributed by atoms with Crippen molar-refractivity contribution >= 4 is 11.8 Å². The van der Waals surface area contributed by atoms with E-state index >= 15 is 0 Å². The zero-order valence-corrected chi connectivity index (χ0v) is 28.1. The number of methoxy groups -OCH3 is 2. The van der Waals surface area contributed by atoms with Gasteiger partial charge in [0.25, 0.3) is 0 Å². The summed E-state index contributed by atoms with van der Waals surface area (Å²) in [7, 11) is 3.38. The first-order valence-electron chi connectivity index (χ1n) is 17.5. The van der Waals surface area contributed by atoms with Gasteiger partial charge in [0.1, 0.15) is 0 Å². The van der Waals surface area contributed by atoms with Crippen LogP contribution in [0.15, 0.2) is 36.4 Å². The van der Waals surface area contributed by atoms with Gasteiger partial charge < -0.3 is 29.6 Å². The molecule has 46 heavy (non-hydrogen) atoms. The van der Waals surface area contributed by atoms with Crippen molar-refractivity contribution in [3.8, 4) is 23.0 Å². The van der Waals surface area contributed by atoms with Crippen LogP contribution in [0.4, 0.5) is 0 Å². The summed E-state index contributed by atoms with van der Waals surface area (Å²) in [4.78, 5) is 25.8. The molecule has 0 spiro atoms. The lowest BCUT2D eigenvalue weighted by molar-refractivity contribution is -0.126. The molecule has 8 nitrogen and oxygen atoms in total. The van der Waals surface area contributed by atoms with Gasteiger partial charge in [-0.1, -0.05) is 12.1 Å². The molecule has 4 saturated carbocycles. The molecule has 4 aliphatic carbocycles. The summed E-state index contributed by atoms with van der Waals surface area (Å²) < 4.78 is 24.2. The molecule has 0 radical (unpaired) electrons. The highest BCUT2D eigenvalue weighted by molar-refractivity contribution is 5.76. The van der Waals surface area contributed by atoms with Crippen molar-refractivity contribution in [1.82, 2.24) is 10.6 Å². The molecule has 4 atom stereocenters. The second kappa shape index (κ2) is 13.7. The van der Waals surface area contributed by atoms with E-state index in [0.717, 1.165) is 87.2 Å². The molecule has 0 aromatic heterocycles. The van der Waals surface area contributed by atoms with Gasteiger partial charge in [0.2, 0.25) is 11.8 Å². The smallest absolute Gasteiger partial charge is 0.217 e. The van der Waals surface area contributed by atoms with Crippen LogP contribution in [0.2, 0.25) is 0 Å². The Morgan fingerprint density at radius 1 is 0.609 bits per heavy atom. The normalized spacial score (nSPS) is 28.3. The monoisotopic (exact) mass is 632 g/mol. The first kappa shape index (κ1) is 32.5. The van der Waals surface area contributed by atoms with E-state index in [4.69, 9.17) is 18.9 Å². The van der Waals surface area contributed by atoms with Gasteiger partial charge in [-0.3, -0.25) is 9.59 Å². The van der Waals surface area contributed by atoms with Crippen molar-refractivity contribution < 1.29 is 28.5 Å². The van der Waals surface area contributed by atoms with Gasteiger partial charge in [0, 0.05) is 13.8 Å². The fraction of sp³-hybridized carbons (Fsp3) is 0.632. The number of hydrogen-bond donors (Lipinski definition) is 2. The third-order valence-electron chi connectivity index (χ3n) is 11.3. The summed E-state index contributed by atoms with van der Waals surface area (Å²) in [5, 5.41) is 6.87. The Kier molecular flexibility index (Phi) is 9.72. The van der Waals surface area contributed by atoms with Gasteiger partial charge in [0.05, 0.1) is 37.5 Å². The van der Waals surface area contributed by atoms with E-state index < -0.39 is 11.1 Å². The first-order valence-corrected chi connectivity index (χ1v) is 17.5. The molecule has 4 unspecified atom stereocenters. The predicted octanol–water partition coefficient (Wildman–Crippen LogP) is 7.33. The SMILES string of the molecule is COc1ccc(C2CCC(NC(C)=O)(C3(NC(C)=O)CCC(c4ccc(OC)c(OC5CCCC5)c4)C3)C2)cc1OC1CCCC1. The lowest BCUT2D eigenvalue weighted by Crippen LogP contribution is -2.68. The number of rotatable bonds is 11. The quantitative estimate of drug-likeness (QED) is 0.269. The largest absolute Gasteiger partial charge is 0.493 e. The molecule has 6 rings (SSSR count). The number of carbonyl (C=O) groups is 2. The van der Waals surface area contributed by atoms with E-state index in [0.29, 0.717) is 0 Å². The molecule has 0 saturated heterocycles. The fourth-order valence-electron chi connectivity index (χ4n) is 9.12. The van der Waals surface area contributed by atoms with Crippen LogP contribution in [0.25, 0.3) is 0 Å². The maximum atomic E-state index is 12.9. The van der Waals surface area contributed by atoms with Crippen molar-refractivity contribution in [3.63, 3.8) is 0 Å². The standard InChI is InChI=1S/C38H52N2O6/c1-25(41)39-37(19-17-29(23-37)27-13-15-33(43-3)35(21-27)45-31-9-5-6-10-31)38(40-26(2)42)20-18-30(24-38)28-14-16-34(44-4)36(22-28)46-32-11-7-8-12-32/h13-16,21-22,29-32H,5-12,17-20,23-24H2,1-4H3,(H,39,41)(H,40,42). The average molecular weight is 633 g/mol. The van der Waals surface area contributed by atoms with Gasteiger partial charge in [-0.15, -0.1) is 0 Å². The van der Waals surface area contributed by atoms with Crippen molar-refractivity contribution in [2.75, 3.05) is 14.2 Å². The second-order valence-electron chi connectivity index (χ2n) is 14.3. The molecule has 4 fully saturated rings. The minimum atomic E-state index is -0.577. The Labute approximate surface area is 274 Å². The molecular formula is C38H52N2O6. The maximum Gasteiger partial charge on any atom is 0.217 e. The number of carbonyl (C=O) groups excluding carboxylic acids is 2. The third kappa shape index (κ3) is 6.68. The van der Waals surface area contributed by atoms with Crippen molar-refractivity contribution in [2.45, 2.75) is 139 Å². The Morgan fingerprint density at radius 3 is 1.35 bits per heavy atom. The number of ether oxygens (including phenoxy) is 4. The van der Waals surface area contributed by atoms with E-state index in [1.54, 1.807) is 28.1 Å². The van der Waals surface area contributed by atoms with Crippen LogP contribution in [-0.4, -0.2) is 49.3 Å². The maximum absolute atomic E-state index is 12.9. The Morgan fingerprint density at radius 2 is 1.00 bits per heavy atom. The molecule has 2 N–H and O–H groups in total. The predicted molar refractivity (Wildman–Crippen MR) is 178 cm³/mol. The Bertz CT molecular complexity index is 1290. The van der Waals surface area contributed by atoms with Crippen LogP contribution in [-0.2, 0) is 9.59 Å². The number of nitrogens with one attached hydrogen (secondary N) is 2. The fourth-order valence-corrected chi connectivity index (χ4v) is 9.12. The molecular weight excluding hydrogens is 580 g/mol. The molecule has 0 aliphatic heterocycles. The summed E-state index contributed by atoms with van der Waals surface area (Å²) in [6.07, 6.45) is 14.4. The zero-order valence-electron chi connectivity index (χ0n) is 28.1. The average Bonchev–Trinajstić information content (AvgIpc) is 3.86. The van der Waals surface area contributed by atoms with Crippen LogP contribution in [0.3, 0.4) is 0 Å². The van der Waals surface area contributed by atoms with Gasteiger partial charge in [0.15, 0.2) is 23.0 Å². The van der Waals surface area contributed by atoms with Crippen LogP contribution >= 0.6 is 0 Å². The van der Waals surface area contributed by atoms with Crippen molar-refractivity contribution in [2.24, 2.45) is 0 Å². The summed E-state index contributed by atoms with van der Waals surface area (Å²) in [6, 6.07) is 12.6. The minimum absolute atomic E-state index is 0.0643. The van der Waals surface area contributed by atoms with Gasteiger partial charge >= 0.3 is 0 Å². The van der Waals surface area contributed by atoms with Crippen LogP contribution < -0.4 is 29.6 Å². The number of hydrogen-bond acceptors (Lipinski definition) is 6. The van der Waals surface area contributed by atoms with Crippen LogP contribution in [0.1, 0.15) is 127 Å². The molecule has 250 valence electrons. The highest BCUT2D eigenvalue weighted by Crippen LogP contribution is 2.55. The van der Waals surface area contributed by atoms with Gasteiger partial charge in [-0.25, -0.2) is 0 Å². The third-order valence-corrected chi connectivity index (χ3v) is 11.3. The summed E-state index contributed by atoms with van der Waals surface area (Å²) in [6.45, 7) is 3.19. The summed E-state index contributed by atoms with van der Waals surface area (Å²) >= 11 is 0. The molecule has 4 aliphatic rings. The highest BCUT2D eigenvalue weighted by Gasteiger charge is 2.59. The van der Waals surface area contributed by atoms with Gasteiger partial charge in [-0.2, -0.15) is 0 Å². The minimum Gasteiger partial charge on any atom is -0.493 e. The molecule has 2 aromatic carbocycles. The van der Waals surface area contributed by atoms with E-state index in [1.165, 1.54) is 36.8 Å². The number of benzene rings is 2. The zero-order chi connectivity index (χ0) is 32.3. The molecule has 0 heterocycles. The molecule has 2 amide bonds. The second-order valence-corrected chi connectivity index (χ2v) is 14.3. The summed E-state index contributed by atoms with van der Waals surface area (Å²) in [5.74, 6) is 3.41. The lowest BCUT2D eigenvalue weighted by Gasteiger charge is -2.48. The first-order chi connectivity index (χ1) is 22.2. The lowest BCUT2D eigenvalue weighted by atomic mass is 9.71. The summed E-state index contributed by atoms with van der Waals surface area (Å²) in [5.41, 5.74) is 1.23. The molecule has 0 bridgehead atoms. The van der Waals surface area contributed by atoms with E-state index in [1.807, 2.05) is 12.1 Å². The topological polar surface area (TPSA) is 95.1 Å². The number of amides is 2. The Balaban J connectivity index is 1.28. The van der Waals surface area contributed by atoms with E-state index in [2.05, 4.69) is 34.9 Å². The van der Waals surface area contributed by atoms with Crippen molar-refractivity contribution in [1.29, 1.82) is 0 Å². The van der Waals surface area contributed by atoms with Crippen LogP contribution in [0, 0.1) is 0 Å². The Hall–Kier alpha value is -3.42. The van der Waals surface area contributed by atoms with E-state index in [-0.39, 0.29) is 35.9 Å². The van der Waals surface area contributed by atoms with Crippen molar-refractivity contribution in [3.05, 3.63) is 47.5 Å².